The molecule has 7 heteroatoms. The van der Waals surface area contributed by atoms with E-state index in [1.807, 2.05) is 20.8 Å². The first-order valence-corrected chi connectivity index (χ1v) is 7.19. The zero-order valence-electron chi connectivity index (χ0n) is 9.67. The van der Waals surface area contributed by atoms with Crippen molar-refractivity contribution in [1.82, 2.24) is 4.72 Å². The molecular weight excluding hydrogens is 305 g/mol. The summed E-state index contributed by atoms with van der Waals surface area (Å²) in [5, 5.41) is 0. The van der Waals surface area contributed by atoms with Gasteiger partial charge in [0, 0.05) is 0 Å². The maximum absolute atomic E-state index is 12.0. The molecule has 1 heterocycles. The molecule has 0 amide bonds. The van der Waals surface area contributed by atoms with Gasteiger partial charge in [-0.2, -0.15) is 0 Å². The second-order valence-corrected chi connectivity index (χ2v) is 8.86. The minimum atomic E-state index is -1.64. The fourth-order valence-corrected chi connectivity index (χ4v) is 2.57. The Morgan fingerprint density at radius 2 is 1.94 bits per heavy atom. The van der Waals surface area contributed by atoms with Crippen LogP contribution in [0.1, 0.15) is 32.6 Å². The Morgan fingerprint density at radius 1 is 1.35 bits per heavy atom. The normalized spacial score (nSPS) is 16.8. The SMILES string of the molecule is CC(C)(C)[S@@](=O)N[C@@H](c1ccco1)C(Cl)(Cl)Cl. The van der Waals surface area contributed by atoms with Crippen molar-refractivity contribution in [2.75, 3.05) is 0 Å². The van der Waals surface area contributed by atoms with Crippen molar-refractivity contribution in [1.29, 1.82) is 0 Å². The molecule has 2 atom stereocenters. The lowest BCUT2D eigenvalue weighted by Gasteiger charge is -2.27. The van der Waals surface area contributed by atoms with Crippen molar-refractivity contribution in [2.24, 2.45) is 0 Å². The maximum Gasteiger partial charge on any atom is 0.213 e. The Bertz CT molecular complexity index is 381. The first kappa shape index (κ1) is 15.3. The van der Waals surface area contributed by atoms with Crippen LogP contribution in [0.25, 0.3) is 0 Å². The molecule has 0 aromatic carbocycles. The monoisotopic (exact) mass is 317 g/mol. The molecular formula is C10H14Cl3NO2S. The van der Waals surface area contributed by atoms with Crippen LogP contribution in [0.3, 0.4) is 0 Å². The molecule has 1 N–H and O–H groups in total. The van der Waals surface area contributed by atoms with E-state index in [0.717, 1.165) is 0 Å². The second kappa shape index (κ2) is 5.49. The van der Waals surface area contributed by atoms with Gasteiger partial charge in [0.05, 0.1) is 22.0 Å². The van der Waals surface area contributed by atoms with E-state index in [-0.39, 0.29) is 0 Å². The van der Waals surface area contributed by atoms with Crippen LogP contribution in [-0.2, 0) is 11.0 Å². The van der Waals surface area contributed by atoms with Crippen LogP contribution in [0.15, 0.2) is 22.8 Å². The van der Waals surface area contributed by atoms with Crippen molar-refractivity contribution in [3.8, 4) is 0 Å². The van der Waals surface area contributed by atoms with Gasteiger partial charge in [-0.05, 0) is 32.9 Å². The molecule has 0 aliphatic heterocycles. The van der Waals surface area contributed by atoms with E-state index >= 15 is 0 Å². The zero-order valence-corrected chi connectivity index (χ0v) is 12.8. The molecule has 1 aromatic rings. The van der Waals surface area contributed by atoms with Gasteiger partial charge in [0.1, 0.15) is 11.8 Å². The molecule has 0 bridgehead atoms. The average molecular weight is 319 g/mol. The average Bonchev–Trinajstić information content (AvgIpc) is 2.62. The number of alkyl halides is 3. The fraction of sp³-hybridized carbons (Fsp3) is 0.600. The molecule has 0 aliphatic carbocycles. The van der Waals surface area contributed by atoms with Crippen LogP contribution in [0, 0.1) is 0 Å². The zero-order chi connectivity index (χ0) is 13.3. The van der Waals surface area contributed by atoms with Gasteiger partial charge in [0.2, 0.25) is 3.79 Å². The molecule has 0 saturated heterocycles. The first-order chi connectivity index (χ1) is 7.62. The summed E-state index contributed by atoms with van der Waals surface area (Å²) >= 11 is 17.6. The summed E-state index contributed by atoms with van der Waals surface area (Å²) in [6.45, 7) is 5.48. The standard InChI is InChI=1S/C10H14Cl3NO2S/c1-9(2,3)17(15)14-8(10(11,12)13)7-5-4-6-16-7/h4-6,8,14H,1-3H3/t8-,17+/m0/s1. The molecule has 1 aromatic heterocycles. The number of nitrogens with one attached hydrogen (secondary N) is 1. The van der Waals surface area contributed by atoms with Crippen LogP contribution < -0.4 is 4.72 Å². The van der Waals surface area contributed by atoms with Crippen LogP contribution in [0.5, 0.6) is 0 Å². The second-order valence-electron chi connectivity index (χ2n) is 4.49. The van der Waals surface area contributed by atoms with E-state index in [0.29, 0.717) is 5.76 Å². The summed E-state index contributed by atoms with van der Waals surface area (Å²) in [6, 6.07) is 2.59. The van der Waals surface area contributed by atoms with Gasteiger partial charge in [-0.25, -0.2) is 8.93 Å². The Morgan fingerprint density at radius 3 is 2.29 bits per heavy atom. The molecule has 0 spiro atoms. The van der Waals surface area contributed by atoms with Gasteiger partial charge >= 0.3 is 0 Å². The van der Waals surface area contributed by atoms with Gasteiger partial charge in [-0.1, -0.05) is 34.8 Å². The van der Waals surface area contributed by atoms with Crippen molar-refractivity contribution in [3.63, 3.8) is 0 Å². The van der Waals surface area contributed by atoms with Crippen LogP contribution in [-0.4, -0.2) is 12.7 Å². The molecule has 17 heavy (non-hydrogen) atoms. The van der Waals surface area contributed by atoms with Gasteiger partial charge in [-0.15, -0.1) is 0 Å². The lowest BCUT2D eigenvalue weighted by molar-refractivity contribution is 0.451. The topological polar surface area (TPSA) is 42.2 Å². The van der Waals surface area contributed by atoms with E-state index in [4.69, 9.17) is 39.2 Å². The predicted molar refractivity (Wildman–Crippen MR) is 72.8 cm³/mol. The van der Waals surface area contributed by atoms with Crippen molar-refractivity contribution in [3.05, 3.63) is 24.2 Å². The Balaban J connectivity index is 2.92. The lowest BCUT2D eigenvalue weighted by Crippen LogP contribution is -2.40. The van der Waals surface area contributed by atoms with Gasteiger partial charge in [0.15, 0.2) is 0 Å². The van der Waals surface area contributed by atoms with Gasteiger partial charge < -0.3 is 4.42 Å². The molecule has 98 valence electrons. The largest absolute Gasteiger partial charge is 0.467 e. The van der Waals surface area contributed by atoms with Crippen molar-refractivity contribution < 1.29 is 8.63 Å². The fourth-order valence-electron chi connectivity index (χ4n) is 1.03. The molecule has 0 fully saturated rings. The Kier molecular flexibility index (Phi) is 4.95. The molecule has 0 unspecified atom stereocenters. The minimum absolute atomic E-state index is 0.433. The number of hydrogen-bond acceptors (Lipinski definition) is 2. The minimum Gasteiger partial charge on any atom is -0.467 e. The third kappa shape index (κ3) is 4.45. The molecule has 0 aliphatic rings. The number of furan rings is 1. The highest BCUT2D eigenvalue weighted by molar-refractivity contribution is 7.84. The number of halogens is 3. The Labute approximate surface area is 118 Å². The first-order valence-electron chi connectivity index (χ1n) is 4.90. The van der Waals surface area contributed by atoms with Crippen LogP contribution in [0.4, 0.5) is 0 Å². The summed E-state index contributed by atoms with van der Waals surface area (Å²) in [7, 11) is -1.36. The summed E-state index contributed by atoms with van der Waals surface area (Å²) in [5.74, 6) is 0.433. The lowest BCUT2D eigenvalue weighted by atomic mass is 10.3. The van der Waals surface area contributed by atoms with E-state index in [9.17, 15) is 4.21 Å². The highest BCUT2D eigenvalue weighted by Gasteiger charge is 2.38. The quantitative estimate of drug-likeness (QED) is 0.863. The van der Waals surface area contributed by atoms with Gasteiger partial charge in [0.25, 0.3) is 0 Å². The third-order valence-corrected chi connectivity index (χ3v) is 4.15. The van der Waals surface area contributed by atoms with E-state index in [2.05, 4.69) is 4.72 Å². The smallest absolute Gasteiger partial charge is 0.213 e. The van der Waals surface area contributed by atoms with Crippen molar-refractivity contribution >= 4 is 45.8 Å². The highest BCUT2D eigenvalue weighted by atomic mass is 35.6. The van der Waals surface area contributed by atoms with Crippen LogP contribution >= 0.6 is 34.8 Å². The summed E-state index contributed by atoms with van der Waals surface area (Å²) < 4.78 is 17.9. The van der Waals surface area contributed by atoms with Gasteiger partial charge in [-0.3, -0.25) is 0 Å². The molecule has 0 saturated carbocycles. The molecule has 0 radical (unpaired) electrons. The van der Waals surface area contributed by atoms with E-state index in [1.54, 1.807) is 12.1 Å². The van der Waals surface area contributed by atoms with E-state index in [1.165, 1.54) is 6.26 Å². The maximum atomic E-state index is 12.0. The molecule has 1 rings (SSSR count). The summed E-state index contributed by atoms with van der Waals surface area (Å²) in [4.78, 5) is 0. The highest BCUT2D eigenvalue weighted by Crippen LogP contribution is 2.40. The number of rotatable bonds is 3. The summed E-state index contributed by atoms with van der Waals surface area (Å²) in [5.41, 5.74) is 0. The molecule has 3 nitrogen and oxygen atoms in total. The number of hydrogen-bond donors (Lipinski definition) is 1. The van der Waals surface area contributed by atoms with Crippen LogP contribution in [0.2, 0.25) is 0 Å². The van der Waals surface area contributed by atoms with Crippen molar-refractivity contribution in [2.45, 2.75) is 35.4 Å². The third-order valence-electron chi connectivity index (χ3n) is 1.94. The van der Waals surface area contributed by atoms with E-state index < -0.39 is 25.6 Å². The Hall–Kier alpha value is 0.260. The summed E-state index contributed by atoms with van der Waals surface area (Å²) in [6.07, 6.45) is 1.47. The predicted octanol–water partition coefficient (Wildman–Crippen LogP) is 3.74.